The van der Waals surface area contributed by atoms with E-state index in [4.69, 9.17) is 11.6 Å². The second-order valence-corrected chi connectivity index (χ2v) is 4.12. The van der Waals surface area contributed by atoms with Gasteiger partial charge < -0.3 is 5.73 Å². The molecule has 0 bridgehead atoms. The van der Waals surface area contributed by atoms with E-state index in [1.54, 1.807) is 0 Å². The molecular weight excluding hydrogens is 222 g/mol. The summed E-state index contributed by atoms with van der Waals surface area (Å²) < 4.78 is 0. The van der Waals surface area contributed by atoms with E-state index in [1.165, 1.54) is 5.56 Å². The molecule has 0 spiro atoms. The summed E-state index contributed by atoms with van der Waals surface area (Å²) in [7, 11) is 0. The van der Waals surface area contributed by atoms with Gasteiger partial charge in [-0.2, -0.15) is 0 Å². The van der Waals surface area contributed by atoms with Gasteiger partial charge >= 0.3 is 0 Å². The van der Waals surface area contributed by atoms with E-state index in [0.717, 1.165) is 16.1 Å². The fourth-order valence-electron chi connectivity index (χ4n) is 1.30. The largest absolute Gasteiger partial charge is 0.375 e. The molecule has 0 heterocycles. The average molecular weight is 237 g/mol. The Labute approximate surface area is 100 Å². The fraction of sp³-hybridized carbons (Fsp3) is 0.273. The van der Waals surface area contributed by atoms with Crippen molar-refractivity contribution >= 4 is 23.2 Å². The summed E-state index contributed by atoms with van der Waals surface area (Å²) >= 11 is 4.62. The lowest BCUT2D eigenvalue weighted by Crippen LogP contribution is -2.46. The Morgan fingerprint density at radius 2 is 2.00 bits per heavy atom. The quantitative estimate of drug-likeness (QED) is 0.345. The first kappa shape index (κ1) is 12.6. The van der Waals surface area contributed by atoms with Crippen molar-refractivity contribution in [2.75, 3.05) is 0 Å². The zero-order valence-corrected chi connectivity index (χ0v) is 10.2. The molecule has 0 saturated heterocycles. The molecule has 86 valence electrons. The number of nitrogens with two attached hydrogens (primary N) is 2. The summed E-state index contributed by atoms with van der Waals surface area (Å²) in [6, 6.07) is 5.83. The first-order valence-electron chi connectivity index (χ1n) is 4.85. The third-order valence-electron chi connectivity index (χ3n) is 2.43. The predicted molar refractivity (Wildman–Crippen MR) is 67.4 cm³/mol. The molecule has 4 nitrogen and oxygen atoms in total. The number of rotatable bonds is 2. The minimum Gasteiger partial charge on any atom is -0.375 e. The van der Waals surface area contributed by atoms with Crippen molar-refractivity contribution in [2.24, 2.45) is 11.6 Å². The van der Waals surface area contributed by atoms with Crippen molar-refractivity contribution in [1.29, 1.82) is 0 Å². The van der Waals surface area contributed by atoms with Gasteiger partial charge in [-0.05, 0) is 42.8 Å². The number of nitrogens with zero attached hydrogens (tertiary/aromatic N) is 1. The normalized spacial score (nSPS) is 9.94. The molecule has 5 heteroatoms. The van der Waals surface area contributed by atoms with Gasteiger partial charge in [-0.15, -0.1) is 0 Å². The molecule has 0 atom stereocenters. The molecule has 0 radical (unpaired) electrons. The van der Waals surface area contributed by atoms with Crippen LogP contribution in [0.15, 0.2) is 18.2 Å². The zero-order chi connectivity index (χ0) is 12.3. The number of hydrogen-bond donors (Lipinski definition) is 2. The number of hydrazine groups is 1. The van der Waals surface area contributed by atoms with Crippen molar-refractivity contribution in [2.45, 2.75) is 20.3 Å². The van der Waals surface area contributed by atoms with Crippen LogP contribution in [-0.2, 0) is 11.2 Å². The summed E-state index contributed by atoms with van der Waals surface area (Å²) in [5.41, 5.74) is 8.49. The summed E-state index contributed by atoms with van der Waals surface area (Å²) in [5, 5.41) is 0.679. The Hall–Kier alpha value is -1.46. The first-order valence-corrected chi connectivity index (χ1v) is 5.26. The van der Waals surface area contributed by atoms with Crippen LogP contribution in [-0.4, -0.2) is 16.0 Å². The van der Waals surface area contributed by atoms with Crippen LogP contribution in [0.25, 0.3) is 0 Å². The summed E-state index contributed by atoms with van der Waals surface area (Å²) in [5.74, 6) is 5.08. The minimum atomic E-state index is -0.309. The highest BCUT2D eigenvalue weighted by Crippen LogP contribution is 2.10. The van der Waals surface area contributed by atoms with Crippen LogP contribution in [0.3, 0.4) is 0 Å². The van der Waals surface area contributed by atoms with Gasteiger partial charge in [0.05, 0.1) is 6.42 Å². The Balaban J connectivity index is 2.77. The van der Waals surface area contributed by atoms with Gasteiger partial charge in [0.15, 0.2) is 5.11 Å². The number of carbonyl (C=O) groups excluding carboxylic acids is 1. The Morgan fingerprint density at radius 3 is 2.50 bits per heavy atom. The monoisotopic (exact) mass is 237 g/mol. The van der Waals surface area contributed by atoms with Crippen LogP contribution < -0.4 is 11.6 Å². The van der Waals surface area contributed by atoms with E-state index in [-0.39, 0.29) is 17.4 Å². The molecule has 1 amide bonds. The highest BCUT2D eigenvalue weighted by atomic mass is 32.1. The molecular formula is C11H15N3OS. The molecule has 0 aromatic heterocycles. The Morgan fingerprint density at radius 1 is 1.38 bits per heavy atom. The number of amides is 1. The molecule has 0 saturated carbocycles. The summed E-state index contributed by atoms with van der Waals surface area (Å²) in [6.07, 6.45) is 0.203. The smallest absolute Gasteiger partial charge is 0.247 e. The van der Waals surface area contributed by atoms with Crippen LogP contribution in [0.2, 0.25) is 0 Å². The average Bonchev–Trinajstić information content (AvgIpc) is 2.22. The molecule has 16 heavy (non-hydrogen) atoms. The van der Waals surface area contributed by atoms with Crippen LogP contribution in [0.4, 0.5) is 0 Å². The van der Waals surface area contributed by atoms with Gasteiger partial charge in [-0.3, -0.25) is 4.79 Å². The van der Waals surface area contributed by atoms with Gasteiger partial charge in [0, 0.05) is 0 Å². The van der Waals surface area contributed by atoms with Gasteiger partial charge in [-0.1, -0.05) is 18.2 Å². The lowest BCUT2D eigenvalue weighted by molar-refractivity contribution is -0.126. The van der Waals surface area contributed by atoms with Crippen LogP contribution in [0.1, 0.15) is 16.7 Å². The number of aryl methyl sites for hydroxylation is 2. The van der Waals surface area contributed by atoms with E-state index in [0.29, 0.717) is 0 Å². The Kier molecular flexibility index (Phi) is 3.98. The molecule has 0 unspecified atom stereocenters. The Bertz CT molecular complexity index is 431. The van der Waals surface area contributed by atoms with Crippen LogP contribution in [0, 0.1) is 13.8 Å². The maximum Gasteiger partial charge on any atom is 0.247 e. The topological polar surface area (TPSA) is 72.3 Å². The standard InChI is InChI=1S/C11H15N3OS/c1-7-3-4-9(5-8(7)2)6-10(15)14(13)11(12)16/h3-5H,6,13H2,1-2H3,(H2,12,16). The number of thiocarbonyl (C=S) groups is 1. The lowest BCUT2D eigenvalue weighted by Gasteiger charge is -2.14. The van der Waals surface area contributed by atoms with E-state index in [2.05, 4.69) is 12.2 Å². The third kappa shape index (κ3) is 3.01. The molecule has 1 rings (SSSR count). The van der Waals surface area contributed by atoms with E-state index in [1.807, 2.05) is 32.0 Å². The molecule has 1 aromatic rings. The van der Waals surface area contributed by atoms with Crippen LogP contribution >= 0.6 is 12.2 Å². The molecule has 4 N–H and O–H groups in total. The van der Waals surface area contributed by atoms with Crippen molar-refractivity contribution in [3.8, 4) is 0 Å². The van der Waals surface area contributed by atoms with Gasteiger partial charge in [0.25, 0.3) is 0 Å². The molecule has 1 aromatic carbocycles. The van der Waals surface area contributed by atoms with E-state index in [9.17, 15) is 4.79 Å². The first-order chi connectivity index (χ1) is 7.41. The maximum absolute atomic E-state index is 11.6. The van der Waals surface area contributed by atoms with Crippen molar-refractivity contribution in [3.05, 3.63) is 34.9 Å². The molecule has 0 aliphatic carbocycles. The molecule has 0 fully saturated rings. The highest BCUT2D eigenvalue weighted by molar-refractivity contribution is 7.80. The predicted octanol–water partition coefficient (Wildman–Crippen LogP) is 0.792. The maximum atomic E-state index is 11.6. The zero-order valence-electron chi connectivity index (χ0n) is 9.36. The highest BCUT2D eigenvalue weighted by Gasteiger charge is 2.12. The number of benzene rings is 1. The van der Waals surface area contributed by atoms with Crippen molar-refractivity contribution < 1.29 is 4.79 Å². The summed E-state index contributed by atoms with van der Waals surface area (Å²) in [6.45, 7) is 4.02. The van der Waals surface area contributed by atoms with Crippen molar-refractivity contribution in [1.82, 2.24) is 5.01 Å². The molecule has 0 aliphatic rings. The minimum absolute atomic E-state index is 0.117. The fourth-order valence-corrected chi connectivity index (χ4v) is 1.40. The number of hydrogen-bond acceptors (Lipinski definition) is 3. The van der Waals surface area contributed by atoms with Gasteiger partial charge in [0.2, 0.25) is 5.91 Å². The SMILES string of the molecule is Cc1ccc(CC(=O)N(N)C(N)=S)cc1C. The van der Waals surface area contributed by atoms with E-state index >= 15 is 0 Å². The third-order valence-corrected chi connectivity index (χ3v) is 2.63. The molecule has 0 aliphatic heterocycles. The van der Waals surface area contributed by atoms with Crippen LogP contribution in [0.5, 0.6) is 0 Å². The second kappa shape index (κ2) is 5.05. The van der Waals surface area contributed by atoms with Gasteiger partial charge in [0.1, 0.15) is 0 Å². The number of carbonyl (C=O) groups is 1. The van der Waals surface area contributed by atoms with Crippen molar-refractivity contribution in [3.63, 3.8) is 0 Å². The van der Waals surface area contributed by atoms with Gasteiger partial charge in [-0.25, -0.2) is 10.9 Å². The van der Waals surface area contributed by atoms with E-state index < -0.39 is 0 Å². The lowest BCUT2D eigenvalue weighted by atomic mass is 10.0. The summed E-state index contributed by atoms with van der Waals surface area (Å²) in [4.78, 5) is 11.6. The second-order valence-electron chi connectivity index (χ2n) is 3.70.